The van der Waals surface area contributed by atoms with Gasteiger partial charge in [-0.05, 0) is 38.4 Å². The Balaban J connectivity index is 1.63. The van der Waals surface area contributed by atoms with Crippen LogP contribution < -0.4 is 0 Å². The van der Waals surface area contributed by atoms with Gasteiger partial charge >= 0.3 is 0 Å². The Hall–Kier alpha value is -1.96. The van der Waals surface area contributed by atoms with Crippen molar-refractivity contribution in [1.29, 1.82) is 0 Å². The third-order valence-electron chi connectivity index (χ3n) is 5.40. The van der Waals surface area contributed by atoms with Crippen molar-refractivity contribution in [2.45, 2.75) is 32.4 Å². The first-order valence-electron chi connectivity index (χ1n) is 9.77. The number of imidazole rings is 1. The van der Waals surface area contributed by atoms with Crippen LogP contribution in [0.1, 0.15) is 34.6 Å². The van der Waals surface area contributed by atoms with Crippen molar-refractivity contribution in [3.63, 3.8) is 0 Å². The number of nitrogens with zero attached hydrogens (tertiary/aromatic N) is 4. The fraction of sp³-hybridized carbons (Fsp3) is 0.600. The quantitative estimate of drug-likeness (QED) is 0.800. The topological polar surface area (TPSA) is 59.3 Å². The summed E-state index contributed by atoms with van der Waals surface area (Å²) in [5, 5.41) is 0. The van der Waals surface area contributed by atoms with E-state index in [9.17, 15) is 4.79 Å². The average molecular weight is 372 g/mol. The van der Waals surface area contributed by atoms with Gasteiger partial charge < -0.3 is 18.8 Å². The minimum absolute atomic E-state index is 0.00177. The van der Waals surface area contributed by atoms with Gasteiger partial charge in [0.05, 0.1) is 25.0 Å². The van der Waals surface area contributed by atoms with Crippen LogP contribution in [0.4, 0.5) is 0 Å². The molecule has 4 rings (SSSR count). The van der Waals surface area contributed by atoms with Crippen LogP contribution in [0, 0.1) is 6.92 Å². The first-order valence-corrected chi connectivity index (χ1v) is 9.77. The Kier molecular flexibility index (Phi) is 5.43. The zero-order valence-electron chi connectivity index (χ0n) is 16.2. The van der Waals surface area contributed by atoms with Crippen molar-refractivity contribution in [2.24, 2.45) is 0 Å². The lowest BCUT2D eigenvalue weighted by Crippen LogP contribution is -2.41. The molecule has 0 saturated carbocycles. The van der Waals surface area contributed by atoms with E-state index in [0.717, 1.165) is 42.9 Å². The summed E-state index contributed by atoms with van der Waals surface area (Å²) < 4.78 is 13.2. The summed E-state index contributed by atoms with van der Waals surface area (Å²) >= 11 is 0. The summed E-state index contributed by atoms with van der Waals surface area (Å²) in [6.07, 6.45) is 4.53. The van der Waals surface area contributed by atoms with E-state index in [0.29, 0.717) is 38.5 Å². The van der Waals surface area contributed by atoms with Crippen molar-refractivity contribution >= 4 is 11.6 Å². The summed E-state index contributed by atoms with van der Waals surface area (Å²) in [5.41, 5.74) is 3.44. The van der Waals surface area contributed by atoms with Gasteiger partial charge in [-0.25, -0.2) is 4.98 Å². The molecule has 1 unspecified atom stereocenters. The second-order valence-electron chi connectivity index (χ2n) is 7.53. The standard InChI is InChI=1S/C20H28N4O3/c1-15-5-3-7-24-17(14-22(2)13-16-6-4-10-27-16)18(21-19(15)24)20(25)23-8-11-26-12-9-23/h3,5,7,16H,4,6,8-14H2,1-2H3. The van der Waals surface area contributed by atoms with Gasteiger partial charge in [-0.3, -0.25) is 9.69 Å². The molecule has 0 bridgehead atoms. The van der Waals surface area contributed by atoms with E-state index in [4.69, 9.17) is 14.5 Å². The molecule has 0 aromatic carbocycles. The number of likely N-dealkylation sites (N-methyl/N-ethyl adjacent to an activating group) is 1. The predicted molar refractivity (Wildman–Crippen MR) is 102 cm³/mol. The molecule has 2 aliphatic heterocycles. The van der Waals surface area contributed by atoms with Crippen molar-refractivity contribution < 1.29 is 14.3 Å². The highest BCUT2D eigenvalue weighted by atomic mass is 16.5. The number of carbonyl (C=O) groups is 1. The molecule has 7 heteroatoms. The van der Waals surface area contributed by atoms with Gasteiger partial charge in [-0.1, -0.05) is 6.07 Å². The molecule has 2 saturated heterocycles. The number of fused-ring (bicyclic) bond motifs is 1. The van der Waals surface area contributed by atoms with Crippen LogP contribution in [0.5, 0.6) is 0 Å². The third kappa shape index (κ3) is 3.85. The maximum Gasteiger partial charge on any atom is 0.274 e. The number of morpholine rings is 1. The molecule has 7 nitrogen and oxygen atoms in total. The van der Waals surface area contributed by atoms with Gasteiger partial charge in [0.1, 0.15) is 5.65 Å². The minimum Gasteiger partial charge on any atom is -0.378 e. The highest BCUT2D eigenvalue weighted by Gasteiger charge is 2.27. The molecule has 1 amide bonds. The Morgan fingerprint density at radius 2 is 2.15 bits per heavy atom. The molecule has 0 N–H and O–H groups in total. The molecule has 0 radical (unpaired) electrons. The number of pyridine rings is 1. The molecule has 4 heterocycles. The summed E-state index contributed by atoms with van der Waals surface area (Å²) in [6, 6.07) is 4.04. The SMILES string of the molecule is Cc1cccn2c(CN(C)CC3CCCO3)c(C(=O)N3CCOCC3)nc12. The fourth-order valence-corrected chi connectivity index (χ4v) is 3.95. The minimum atomic E-state index is 0.00177. The Bertz CT molecular complexity index is 807. The average Bonchev–Trinajstić information content (AvgIpc) is 3.31. The lowest BCUT2D eigenvalue weighted by molar-refractivity contribution is 0.0297. The van der Waals surface area contributed by atoms with Crippen LogP contribution >= 0.6 is 0 Å². The third-order valence-corrected chi connectivity index (χ3v) is 5.40. The number of hydrogen-bond acceptors (Lipinski definition) is 5. The van der Waals surface area contributed by atoms with Crippen LogP contribution in [-0.4, -0.2) is 77.7 Å². The number of carbonyl (C=O) groups excluding carboxylic acids is 1. The number of aromatic nitrogens is 2. The summed E-state index contributed by atoms with van der Waals surface area (Å²) in [4.78, 5) is 22.0. The van der Waals surface area contributed by atoms with Crippen LogP contribution in [-0.2, 0) is 16.0 Å². The molecule has 2 aromatic rings. The first kappa shape index (κ1) is 18.4. The first-order chi connectivity index (χ1) is 13.1. The Morgan fingerprint density at radius 3 is 2.89 bits per heavy atom. The van der Waals surface area contributed by atoms with Gasteiger partial charge in [0, 0.05) is 39.0 Å². The van der Waals surface area contributed by atoms with E-state index in [1.807, 2.05) is 30.2 Å². The lowest BCUT2D eigenvalue weighted by Gasteiger charge is -2.27. The molecule has 27 heavy (non-hydrogen) atoms. The van der Waals surface area contributed by atoms with Gasteiger partial charge in [0.15, 0.2) is 5.69 Å². The summed E-state index contributed by atoms with van der Waals surface area (Å²) in [5.74, 6) is 0.00177. The summed E-state index contributed by atoms with van der Waals surface area (Å²) in [7, 11) is 2.08. The van der Waals surface area contributed by atoms with Gasteiger partial charge in [-0.2, -0.15) is 0 Å². The van der Waals surface area contributed by atoms with Gasteiger partial charge in [-0.15, -0.1) is 0 Å². The van der Waals surface area contributed by atoms with E-state index in [-0.39, 0.29) is 12.0 Å². The molecule has 0 spiro atoms. The molecule has 2 fully saturated rings. The molecular weight excluding hydrogens is 344 g/mol. The number of rotatable bonds is 5. The molecule has 2 aromatic heterocycles. The Labute approximate surface area is 159 Å². The largest absolute Gasteiger partial charge is 0.378 e. The number of aryl methyl sites for hydroxylation is 1. The van der Waals surface area contributed by atoms with Gasteiger partial charge in [0.25, 0.3) is 5.91 Å². The highest BCUT2D eigenvalue weighted by molar-refractivity contribution is 5.94. The number of amides is 1. The molecule has 2 aliphatic rings. The normalized spacial score (nSPS) is 20.7. The van der Waals surface area contributed by atoms with E-state index < -0.39 is 0 Å². The predicted octanol–water partition coefficient (Wildman–Crippen LogP) is 1.73. The summed E-state index contributed by atoms with van der Waals surface area (Å²) in [6.45, 7) is 6.84. The number of ether oxygens (including phenoxy) is 2. The Morgan fingerprint density at radius 1 is 1.33 bits per heavy atom. The molecule has 1 atom stereocenters. The monoisotopic (exact) mass is 372 g/mol. The zero-order chi connectivity index (χ0) is 18.8. The van der Waals surface area contributed by atoms with E-state index in [2.05, 4.69) is 16.3 Å². The molecular formula is C20H28N4O3. The van der Waals surface area contributed by atoms with Gasteiger partial charge in [0.2, 0.25) is 0 Å². The molecule has 0 aliphatic carbocycles. The van der Waals surface area contributed by atoms with Crippen molar-refractivity contribution in [3.05, 3.63) is 35.3 Å². The highest BCUT2D eigenvalue weighted by Crippen LogP contribution is 2.21. The molecule has 146 valence electrons. The van der Waals surface area contributed by atoms with Crippen molar-refractivity contribution in [3.8, 4) is 0 Å². The van der Waals surface area contributed by atoms with Crippen LogP contribution in [0.3, 0.4) is 0 Å². The fourth-order valence-electron chi connectivity index (χ4n) is 3.95. The van der Waals surface area contributed by atoms with Crippen LogP contribution in [0.25, 0.3) is 5.65 Å². The van der Waals surface area contributed by atoms with Crippen molar-refractivity contribution in [2.75, 3.05) is 46.5 Å². The lowest BCUT2D eigenvalue weighted by atomic mass is 10.2. The van der Waals surface area contributed by atoms with E-state index in [1.54, 1.807) is 0 Å². The second kappa shape index (κ2) is 7.96. The second-order valence-corrected chi connectivity index (χ2v) is 7.53. The maximum absolute atomic E-state index is 13.2. The van der Waals surface area contributed by atoms with E-state index in [1.165, 1.54) is 0 Å². The zero-order valence-corrected chi connectivity index (χ0v) is 16.2. The van der Waals surface area contributed by atoms with Crippen LogP contribution in [0.2, 0.25) is 0 Å². The van der Waals surface area contributed by atoms with Crippen molar-refractivity contribution in [1.82, 2.24) is 19.2 Å². The van der Waals surface area contributed by atoms with Crippen LogP contribution in [0.15, 0.2) is 18.3 Å². The number of hydrogen-bond donors (Lipinski definition) is 0. The van der Waals surface area contributed by atoms with E-state index >= 15 is 0 Å². The smallest absolute Gasteiger partial charge is 0.274 e. The maximum atomic E-state index is 13.2.